The van der Waals surface area contributed by atoms with E-state index in [-0.39, 0.29) is 72.8 Å². The lowest BCUT2D eigenvalue weighted by molar-refractivity contribution is 0.617. The molecule has 0 atom stereocenters. The third kappa shape index (κ3) is 4.01. The van der Waals surface area contributed by atoms with Gasteiger partial charge in [-0.3, -0.25) is 0 Å². The molecule has 2 heterocycles. The normalized spacial score (nSPS) is 14.5. The van der Waals surface area contributed by atoms with Crippen LogP contribution in [0, 0.1) is 94.6 Å². The van der Waals surface area contributed by atoms with Crippen molar-refractivity contribution in [2.45, 2.75) is 0 Å². The predicted molar refractivity (Wildman–Crippen MR) is 155 cm³/mol. The Labute approximate surface area is 258 Å². The molecule has 3 aromatic rings. The topological polar surface area (TPSA) is 162 Å². The first-order valence-electron chi connectivity index (χ1n) is 12.3. The largest absolute Gasteiger partial charge is 0.361 e. The van der Waals surface area contributed by atoms with Gasteiger partial charge in [-0.05, 0) is 40.5 Å². The zero-order chi connectivity index (χ0) is 33.3. The van der Waals surface area contributed by atoms with Crippen LogP contribution in [0.3, 0.4) is 0 Å². The summed E-state index contributed by atoms with van der Waals surface area (Å²) in [7, 11) is 0. The second kappa shape index (κ2) is 11.2. The van der Waals surface area contributed by atoms with Gasteiger partial charge in [-0.2, -0.15) is 15.8 Å². The number of nitriles is 5. The number of fused-ring (bicyclic) bond motifs is 2. The SMILES string of the molecule is [C-]#[N+]C1=C(c2cc([N+]#[C-])ncc2F)/C(=C(/C#N)[N+]#[C-])c2cc3c(c(C#N)c21)/C(=C(/C#N)[N+]#[C-])C(c1cc(C#N)ncc1F)=C3C#N. The number of hydrogen-bond acceptors (Lipinski definition) is 7. The van der Waals surface area contributed by atoms with Crippen LogP contribution in [0.4, 0.5) is 14.6 Å². The fraction of sp³-hybridized carbons (Fsp3) is 0. The highest BCUT2D eigenvalue weighted by Crippen LogP contribution is 2.57. The van der Waals surface area contributed by atoms with Crippen molar-refractivity contribution < 1.29 is 8.78 Å². The van der Waals surface area contributed by atoms with Gasteiger partial charge in [0.1, 0.15) is 23.6 Å². The average molecular weight is 593 g/mol. The predicted octanol–water partition coefficient (Wildman–Crippen LogP) is 6.61. The van der Waals surface area contributed by atoms with Crippen molar-refractivity contribution in [2.75, 3.05) is 0 Å². The Balaban J connectivity index is 2.06. The summed E-state index contributed by atoms with van der Waals surface area (Å²) < 4.78 is 30.6. The molecule has 0 bridgehead atoms. The van der Waals surface area contributed by atoms with Gasteiger partial charge in [-0.25, -0.2) is 38.8 Å². The Morgan fingerprint density at radius 1 is 0.652 bits per heavy atom. The van der Waals surface area contributed by atoms with Gasteiger partial charge in [0.25, 0.3) is 17.2 Å². The molecule has 0 radical (unpaired) electrons. The highest BCUT2D eigenvalue weighted by molar-refractivity contribution is 6.30. The summed E-state index contributed by atoms with van der Waals surface area (Å²) in [5.41, 5.74) is -5.24. The molecule has 0 saturated heterocycles. The zero-order valence-electron chi connectivity index (χ0n) is 22.6. The Morgan fingerprint density at radius 3 is 1.83 bits per heavy atom. The minimum Gasteiger partial charge on any atom is -0.361 e. The Kier molecular flexibility index (Phi) is 7.12. The Morgan fingerprint density at radius 2 is 1.28 bits per heavy atom. The van der Waals surface area contributed by atoms with Crippen LogP contribution in [-0.2, 0) is 0 Å². The number of hydrogen-bond donors (Lipinski definition) is 0. The molecular formula is C33H5F2N11. The molecule has 11 nitrogen and oxygen atoms in total. The molecule has 0 spiro atoms. The van der Waals surface area contributed by atoms with E-state index in [2.05, 4.69) is 29.3 Å². The lowest BCUT2D eigenvalue weighted by Gasteiger charge is -2.14. The number of pyridine rings is 2. The minimum atomic E-state index is -1.02. The van der Waals surface area contributed by atoms with Gasteiger partial charge in [0.2, 0.25) is 5.70 Å². The lowest BCUT2D eigenvalue weighted by Crippen LogP contribution is -2.00. The van der Waals surface area contributed by atoms with Crippen LogP contribution < -0.4 is 0 Å². The van der Waals surface area contributed by atoms with Crippen molar-refractivity contribution in [1.29, 1.82) is 26.3 Å². The van der Waals surface area contributed by atoms with Crippen LogP contribution in [0.15, 0.2) is 42.0 Å². The van der Waals surface area contributed by atoms with E-state index in [1.54, 1.807) is 18.2 Å². The fourth-order valence-corrected chi connectivity index (χ4v) is 5.35. The molecule has 5 rings (SSSR count). The molecule has 2 aromatic heterocycles. The molecule has 1 aromatic carbocycles. The van der Waals surface area contributed by atoms with Crippen LogP contribution in [0.5, 0.6) is 0 Å². The van der Waals surface area contributed by atoms with Crippen LogP contribution >= 0.6 is 0 Å². The molecule has 0 N–H and O–H groups in total. The molecule has 0 fully saturated rings. The van der Waals surface area contributed by atoms with Crippen molar-refractivity contribution in [3.8, 4) is 30.3 Å². The summed E-state index contributed by atoms with van der Waals surface area (Å²) in [6, 6.07) is 12.2. The van der Waals surface area contributed by atoms with Crippen LogP contribution in [0.2, 0.25) is 0 Å². The molecule has 0 amide bonds. The maximum atomic E-state index is 15.3. The second-order valence-electron chi connectivity index (χ2n) is 9.10. The summed E-state index contributed by atoms with van der Waals surface area (Å²) >= 11 is 0. The third-order valence-corrected chi connectivity index (χ3v) is 7.05. The summed E-state index contributed by atoms with van der Waals surface area (Å²) in [5.74, 6) is -2.30. The smallest absolute Gasteiger partial charge is 0.270 e. The van der Waals surface area contributed by atoms with Crippen molar-refractivity contribution in [2.24, 2.45) is 0 Å². The summed E-state index contributed by atoms with van der Waals surface area (Å²) in [5, 5.41) is 50.2. The van der Waals surface area contributed by atoms with Crippen molar-refractivity contribution >= 4 is 39.4 Å². The van der Waals surface area contributed by atoms with E-state index < -0.39 is 34.3 Å². The van der Waals surface area contributed by atoms with Crippen molar-refractivity contribution in [3.05, 3.63) is 144 Å². The Bertz CT molecular complexity index is 2510. The first kappa shape index (κ1) is 29.2. The average Bonchev–Trinajstić information content (AvgIpc) is 3.57. The maximum Gasteiger partial charge on any atom is 0.270 e. The maximum absolute atomic E-state index is 15.3. The molecule has 46 heavy (non-hydrogen) atoms. The summed E-state index contributed by atoms with van der Waals surface area (Å²) in [6.45, 7) is 30.7. The molecule has 13 heteroatoms. The highest BCUT2D eigenvalue weighted by Gasteiger charge is 2.41. The number of aromatic nitrogens is 2. The van der Waals surface area contributed by atoms with Crippen LogP contribution in [0.25, 0.3) is 52.9 Å². The molecule has 0 saturated carbocycles. The van der Waals surface area contributed by atoms with E-state index in [4.69, 9.17) is 26.3 Å². The number of halogens is 2. The molecule has 2 aliphatic carbocycles. The summed E-state index contributed by atoms with van der Waals surface area (Å²) in [4.78, 5) is 20.5. The molecular weight excluding hydrogens is 588 g/mol. The number of allylic oxidation sites excluding steroid dienone is 7. The highest BCUT2D eigenvalue weighted by atomic mass is 19.1. The van der Waals surface area contributed by atoms with E-state index in [1.165, 1.54) is 6.07 Å². The van der Waals surface area contributed by atoms with Crippen molar-refractivity contribution in [3.63, 3.8) is 0 Å². The number of benzene rings is 1. The van der Waals surface area contributed by atoms with Gasteiger partial charge in [0.05, 0.1) is 55.3 Å². The summed E-state index contributed by atoms with van der Waals surface area (Å²) in [6.07, 6.45) is 1.44. The van der Waals surface area contributed by atoms with E-state index in [0.29, 0.717) is 6.20 Å². The van der Waals surface area contributed by atoms with E-state index in [9.17, 15) is 26.3 Å². The monoisotopic (exact) mass is 593 g/mol. The number of rotatable bonds is 2. The van der Waals surface area contributed by atoms with Gasteiger partial charge in [-0.1, -0.05) is 6.57 Å². The van der Waals surface area contributed by atoms with Gasteiger partial charge < -0.3 is 4.85 Å². The quantitative estimate of drug-likeness (QED) is 0.239. The third-order valence-electron chi connectivity index (χ3n) is 7.05. The van der Waals surface area contributed by atoms with E-state index in [1.807, 2.05) is 12.1 Å². The van der Waals surface area contributed by atoms with Crippen LogP contribution in [-0.4, -0.2) is 9.97 Å². The van der Waals surface area contributed by atoms with Gasteiger partial charge in [0.15, 0.2) is 12.0 Å². The zero-order valence-corrected chi connectivity index (χ0v) is 22.6. The van der Waals surface area contributed by atoms with Gasteiger partial charge in [-0.15, -0.1) is 4.98 Å². The molecule has 2 aliphatic rings. The first-order chi connectivity index (χ1) is 22.3. The van der Waals surface area contributed by atoms with E-state index >= 15 is 8.78 Å². The fourth-order valence-electron chi connectivity index (χ4n) is 5.35. The van der Waals surface area contributed by atoms with Gasteiger partial charge >= 0.3 is 0 Å². The van der Waals surface area contributed by atoms with Crippen LogP contribution in [0.1, 0.15) is 44.6 Å². The second-order valence-corrected chi connectivity index (χ2v) is 9.10. The standard InChI is InChI=1S/C33H5F2N11/c1-41-24(11-39)30-19-6-16-20(9-37)28(17-5-15(8-36)45-13-22(17)34)32(25(12-40)42-2)27(16)21(10-38)29(19)33(44-4)31(30)18-7-26(43-3)46-14-23(18)35/h5-7,13-14H/b30-24-,32-25+. The Hall–Kier alpha value is -8.25. The lowest BCUT2D eigenvalue weighted by atomic mass is 9.87. The molecule has 206 valence electrons. The number of nitrogens with zero attached hydrogens (tertiary/aromatic N) is 11. The van der Waals surface area contributed by atoms with E-state index in [0.717, 1.165) is 18.3 Å². The first-order valence-corrected chi connectivity index (χ1v) is 12.3. The molecule has 0 aliphatic heterocycles. The minimum absolute atomic E-state index is 0.105. The van der Waals surface area contributed by atoms with Crippen molar-refractivity contribution in [1.82, 2.24) is 9.97 Å². The van der Waals surface area contributed by atoms with Gasteiger partial charge in [0, 0.05) is 33.4 Å². The molecule has 0 unspecified atom stereocenters.